The van der Waals surface area contributed by atoms with E-state index < -0.39 is 15.8 Å². The molecule has 0 saturated heterocycles. The van der Waals surface area contributed by atoms with Crippen molar-refractivity contribution in [2.75, 3.05) is 0 Å². The fraction of sp³-hybridized carbons (Fsp3) is 0.0667. The van der Waals surface area contributed by atoms with Crippen LogP contribution in [0.15, 0.2) is 53.6 Å². The van der Waals surface area contributed by atoms with E-state index in [4.69, 9.17) is 0 Å². The van der Waals surface area contributed by atoms with Crippen LogP contribution in [0.3, 0.4) is 0 Å². The summed E-state index contributed by atoms with van der Waals surface area (Å²) in [5, 5.41) is 25.1. The minimum Gasteiger partial charge on any atom is -0.267 e. The maximum Gasteiger partial charge on any atom is 0.271 e. The Morgan fingerprint density at radius 2 is 1.29 bits per heavy atom. The first-order valence-corrected chi connectivity index (χ1v) is 6.72. The molecular formula is C15H12N4O5. The molecule has 0 aromatic heterocycles. The molecule has 0 heterocycles. The highest BCUT2D eigenvalue weighted by Gasteiger charge is 2.09. The number of nitro benzene ring substituents is 2. The first-order valence-electron chi connectivity index (χ1n) is 6.72. The van der Waals surface area contributed by atoms with Crippen molar-refractivity contribution in [2.45, 2.75) is 6.92 Å². The number of hydrogen-bond acceptors (Lipinski definition) is 6. The molecule has 1 amide bonds. The van der Waals surface area contributed by atoms with Crippen molar-refractivity contribution in [1.29, 1.82) is 0 Å². The van der Waals surface area contributed by atoms with Crippen LogP contribution in [0.1, 0.15) is 22.8 Å². The van der Waals surface area contributed by atoms with Gasteiger partial charge in [0.15, 0.2) is 0 Å². The predicted octanol–water partition coefficient (Wildman–Crippen LogP) is 2.66. The number of carbonyl (C=O) groups excluding carboxylic acids is 1. The van der Waals surface area contributed by atoms with Crippen LogP contribution >= 0.6 is 0 Å². The standard InChI is InChI=1S/C15H12N4O5/c1-10(11-2-6-13(7-3-11)18(21)22)16-17-15(20)12-4-8-14(9-5-12)19(23)24/h2-9H,1H3,(H,17,20). The van der Waals surface area contributed by atoms with Crippen LogP contribution in [-0.2, 0) is 0 Å². The number of amides is 1. The number of non-ortho nitro benzene ring substituents is 2. The van der Waals surface area contributed by atoms with Gasteiger partial charge in [-0.25, -0.2) is 5.43 Å². The number of nitrogens with one attached hydrogen (secondary N) is 1. The third-order valence-corrected chi connectivity index (χ3v) is 3.16. The molecular weight excluding hydrogens is 316 g/mol. The van der Waals surface area contributed by atoms with Crippen molar-refractivity contribution in [1.82, 2.24) is 5.43 Å². The van der Waals surface area contributed by atoms with Crippen LogP contribution in [0.25, 0.3) is 0 Å². The molecule has 0 unspecified atom stereocenters. The van der Waals surface area contributed by atoms with Gasteiger partial charge in [-0.2, -0.15) is 5.10 Å². The summed E-state index contributed by atoms with van der Waals surface area (Å²) in [5.74, 6) is -0.522. The minimum atomic E-state index is -0.557. The SMILES string of the molecule is CC(=NNC(=O)c1ccc([N+](=O)[O-])cc1)c1ccc([N+](=O)[O-])cc1. The normalized spacial score (nSPS) is 11.0. The fourth-order valence-electron chi connectivity index (χ4n) is 1.82. The summed E-state index contributed by atoms with van der Waals surface area (Å²) in [4.78, 5) is 32.0. The highest BCUT2D eigenvalue weighted by molar-refractivity contribution is 6.01. The Kier molecular flexibility index (Phi) is 4.95. The topological polar surface area (TPSA) is 128 Å². The maximum absolute atomic E-state index is 11.9. The van der Waals surface area contributed by atoms with Gasteiger partial charge in [0, 0.05) is 29.8 Å². The van der Waals surface area contributed by atoms with Crippen molar-refractivity contribution in [3.63, 3.8) is 0 Å². The van der Waals surface area contributed by atoms with Gasteiger partial charge in [0.1, 0.15) is 0 Å². The second-order valence-corrected chi connectivity index (χ2v) is 4.75. The fourth-order valence-corrected chi connectivity index (χ4v) is 1.82. The van der Waals surface area contributed by atoms with E-state index in [2.05, 4.69) is 10.5 Å². The first-order chi connectivity index (χ1) is 11.4. The predicted molar refractivity (Wildman–Crippen MR) is 85.9 cm³/mol. The summed E-state index contributed by atoms with van der Waals surface area (Å²) in [7, 11) is 0. The van der Waals surface area contributed by atoms with E-state index in [-0.39, 0.29) is 16.9 Å². The van der Waals surface area contributed by atoms with Gasteiger partial charge in [0.2, 0.25) is 0 Å². The smallest absolute Gasteiger partial charge is 0.267 e. The van der Waals surface area contributed by atoms with Crippen molar-refractivity contribution < 1.29 is 14.6 Å². The number of hydrogen-bond donors (Lipinski definition) is 1. The number of hydrazone groups is 1. The zero-order valence-corrected chi connectivity index (χ0v) is 12.5. The Morgan fingerprint density at radius 1 is 0.875 bits per heavy atom. The lowest BCUT2D eigenvalue weighted by atomic mass is 10.1. The Balaban J connectivity index is 2.06. The van der Waals surface area contributed by atoms with Crippen LogP contribution in [0.2, 0.25) is 0 Å². The number of benzene rings is 2. The van der Waals surface area contributed by atoms with E-state index in [1.54, 1.807) is 6.92 Å². The van der Waals surface area contributed by atoms with Crippen molar-refractivity contribution in [3.05, 3.63) is 79.9 Å². The maximum atomic E-state index is 11.9. The first kappa shape index (κ1) is 16.7. The average molecular weight is 328 g/mol. The lowest BCUT2D eigenvalue weighted by molar-refractivity contribution is -0.385. The molecule has 1 N–H and O–H groups in total. The second kappa shape index (κ2) is 7.09. The van der Waals surface area contributed by atoms with Crippen LogP contribution in [0.4, 0.5) is 11.4 Å². The highest BCUT2D eigenvalue weighted by Crippen LogP contribution is 2.13. The van der Waals surface area contributed by atoms with E-state index in [0.29, 0.717) is 11.3 Å². The molecule has 0 aliphatic heterocycles. The summed E-state index contributed by atoms with van der Waals surface area (Å²) in [6.07, 6.45) is 0. The summed E-state index contributed by atoms with van der Waals surface area (Å²) in [6, 6.07) is 10.8. The zero-order chi connectivity index (χ0) is 17.7. The lowest BCUT2D eigenvalue weighted by Crippen LogP contribution is -2.19. The van der Waals surface area contributed by atoms with E-state index in [0.717, 1.165) is 0 Å². The Bertz CT molecular complexity index is 813. The number of carbonyl (C=O) groups is 1. The van der Waals surface area contributed by atoms with Gasteiger partial charge in [0.25, 0.3) is 17.3 Å². The minimum absolute atomic E-state index is 0.0403. The molecule has 0 spiro atoms. The third-order valence-electron chi connectivity index (χ3n) is 3.16. The molecule has 9 heteroatoms. The van der Waals surface area contributed by atoms with E-state index >= 15 is 0 Å². The zero-order valence-electron chi connectivity index (χ0n) is 12.5. The van der Waals surface area contributed by atoms with Gasteiger partial charge in [-0.1, -0.05) is 0 Å². The van der Waals surface area contributed by atoms with Gasteiger partial charge in [-0.15, -0.1) is 0 Å². The lowest BCUT2D eigenvalue weighted by Gasteiger charge is -2.03. The molecule has 2 aromatic carbocycles. The summed E-state index contributed by atoms with van der Waals surface area (Å²) < 4.78 is 0. The third kappa shape index (κ3) is 3.97. The number of nitrogens with zero attached hydrogens (tertiary/aromatic N) is 3. The molecule has 2 aromatic rings. The molecule has 122 valence electrons. The molecule has 0 atom stereocenters. The van der Waals surface area contributed by atoms with Gasteiger partial charge in [-0.05, 0) is 36.8 Å². The van der Waals surface area contributed by atoms with Gasteiger partial charge < -0.3 is 0 Å². The van der Waals surface area contributed by atoms with Crippen LogP contribution in [0, 0.1) is 20.2 Å². The summed E-state index contributed by atoms with van der Waals surface area (Å²) >= 11 is 0. The van der Waals surface area contributed by atoms with Crippen LogP contribution in [0.5, 0.6) is 0 Å². The number of rotatable bonds is 5. The molecule has 0 bridgehead atoms. The molecule has 0 aliphatic carbocycles. The Morgan fingerprint density at radius 3 is 1.71 bits per heavy atom. The summed E-state index contributed by atoms with van der Waals surface area (Å²) in [5.41, 5.74) is 3.47. The monoisotopic (exact) mass is 328 g/mol. The van der Waals surface area contributed by atoms with E-state index in [9.17, 15) is 25.0 Å². The molecule has 9 nitrogen and oxygen atoms in total. The van der Waals surface area contributed by atoms with Crippen molar-refractivity contribution in [3.8, 4) is 0 Å². The molecule has 24 heavy (non-hydrogen) atoms. The number of nitro groups is 2. The largest absolute Gasteiger partial charge is 0.271 e. The van der Waals surface area contributed by atoms with E-state index in [1.165, 1.54) is 48.5 Å². The van der Waals surface area contributed by atoms with Gasteiger partial charge >= 0.3 is 0 Å². The molecule has 0 aliphatic rings. The van der Waals surface area contributed by atoms with Gasteiger partial charge in [0.05, 0.1) is 15.6 Å². The highest BCUT2D eigenvalue weighted by atomic mass is 16.6. The van der Waals surface area contributed by atoms with Crippen LogP contribution in [-0.4, -0.2) is 21.5 Å². The average Bonchev–Trinajstić information content (AvgIpc) is 2.59. The Labute approximate surface area is 135 Å². The summed E-state index contributed by atoms with van der Waals surface area (Å²) in [6.45, 7) is 1.64. The Hall–Kier alpha value is -3.62. The molecule has 0 radical (unpaired) electrons. The molecule has 0 saturated carbocycles. The van der Waals surface area contributed by atoms with Crippen molar-refractivity contribution in [2.24, 2.45) is 5.10 Å². The molecule has 2 rings (SSSR count). The second-order valence-electron chi connectivity index (χ2n) is 4.75. The van der Waals surface area contributed by atoms with Gasteiger partial charge in [-0.3, -0.25) is 25.0 Å². The van der Waals surface area contributed by atoms with E-state index in [1.807, 2.05) is 0 Å². The molecule has 0 fully saturated rings. The quantitative estimate of drug-likeness (QED) is 0.512. The van der Waals surface area contributed by atoms with Crippen molar-refractivity contribution >= 4 is 23.0 Å². The van der Waals surface area contributed by atoms with Crippen LogP contribution < -0.4 is 5.43 Å².